The monoisotopic (exact) mass is 402 g/mol. The molecule has 3 rings (SSSR count). The van der Waals surface area contributed by atoms with Gasteiger partial charge in [0.25, 0.3) is 5.24 Å². The van der Waals surface area contributed by atoms with Crippen LogP contribution in [0, 0.1) is 0 Å². The van der Waals surface area contributed by atoms with Crippen molar-refractivity contribution in [1.29, 1.82) is 0 Å². The number of amides is 3. The highest BCUT2D eigenvalue weighted by Crippen LogP contribution is 2.34. The Morgan fingerprint density at radius 1 is 1.07 bits per heavy atom. The van der Waals surface area contributed by atoms with E-state index in [1.54, 1.807) is 0 Å². The van der Waals surface area contributed by atoms with Gasteiger partial charge in [0.1, 0.15) is 16.7 Å². The largest absolute Gasteiger partial charge is 0.508 e. The van der Waals surface area contributed by atoms with Crippen molar-refractivity contribution in [2.45, 2.75) is 11.7 Å². The number of hydrogen-bond donors (Lipinski definition) is 4. The van der Waals surface area contributed by atoms with Crippen LogP contribution < -0.4 is 10.2 Å². The van der Waals surface area contributed by atoms with Crippen LogP contribution in [0.25, 0.3) is 0 Å². The van der Waals surface area contributed by atoms with Crippen LogP contribution in [0.1, 0.15) is 16.8 Å². The third-order valence-electron chi connectivity index (χ3n) is 3.89. The number of carboxylic acid groups (broad SMARTS) is 1. The van der Waals surface area contributed by atoms with Gasteiger partial charge in [0.2, 0.25) is 11.8 Å². The molecule has 1 heterocycles. The van der Waals surface area contributed by atoms with Crippen LogP contribution in [0.2, 0.25) is 0 Å². The number of anilines is 2. The zero-order chi connectivity index (χ0) is 20.4. The van der Waals surface area contributed by atoms with Crippen LogP contribution in [0.5, 0.6) is 11.5 Å². The second kappa shape index (κ2) is 7.61. The summed E-state index contributed by atoms with van der Waals surface area (Å²) in [6, 6.07) is 9.04. The molecule has 4 N–H and O–H groups in total. The van der Waals surface area contributed by atoms with Gasteiger partial charge in [-0.15, -0.1) is 0 Å². The van der Waals surface area contributed by atoms with Crippen molar-refractivity contribution in [3.05, 3.63) is 48.0 Å². The lowest BCUT2D eigenvalue weighted by molar-refractivity contribution is -0.121. The maximum Gasteiger partial charge on any atom is 0.337 e. The van der Waals surface area contributed by atoms with Crippen LogP contribution in [0.15, 0.2) is 42.5 Å². The van der Waals surface area contributed by atoms with E-state index in [0.29, 0.717) is 11.8 Å². The van der Waals surface area contributed by atoms with Gasteiger partial charge in [-0.1, -0.05) is 6.07 Å². The Bertz CT molecular complexity index is 992. The number of rotatable bonds is 5. The summed E-state index contributed by atoms with van der Waals surface area (Å²) in [5.41, 5.74) is -0.157. The number of imide groups is 1. The molecular formula is C18H14N2O7S. The first-order valence-electron chi connectivity index (χ1n) is 7.96. The van der Waals surface area contributed by atoms with E-state index in [-0.39, 0.29) is 34.9 Å². The highest BCUT2D eigenvalue weighted by molar-refractivity contribution is 8.15. The number of hydrogen-bond acceptors (Lipinski definition) is 7. The maximum atomic E-state index is 12.5. The highest BCUT2D eigenvalue weighted by Gasteiger charge is 2.41. The number of thioether (sulfide) groups is 1. The molecule has 0 spiro atoms. The van der Waals surface area contributed by atoms with Gasteiger partial charge in [0.15, 0.2) is 0 Å². The van der Waals surface area contributed by atoms with E-state index >= 15 is 0 Å². The van der Waals surface area contributed by atoms with Gasteiger partial charge >= 0.3 is 5.97 Å². The van der Waals surface area contributed by atoms with Gasteiger partial charge in [0.05, 0.1) is 16.9 Å². The second-order valence-electron chi connectivity index (χ2n) is 5.85. The average molecular weight is 402 g/mol. The molecule has 1 fully saturated rings. The Morgan fingerprint density at radius 3 is 2.46 bits per heavy atom. The summed E-state index contributed by atoms with van der Waals surface area (Å²) in [5, 5.41) is 28.9. The number of carbonyl (C=O) groups excluding carboxylic acids is 3. The fourth-order valence-corrected chi connectivity index (χ4v) is 3.63. The van der Waals surface area contributed by atoms with Gasteiger partial charge in [-0.25, -0.2) is 9.69 Å². The summed E-state index contributed by atoms with van der Waals surface area (Å²) < 4.78 is 0. The second-order valence-corrected chi connectivity index (χ2v) is 7.01. The Kier molecular flexibility index (Phi) is 5.23. The summed E-state index contributed by atoms with van der Waals surface area (Å²) in [7, 11) is 0. The number of benzene rings is 2. The van der Waals surface area contributed by atoms with Crippen molar-refractivity contribution in [2.75, 3.05) is 10.2 Å². The van der Waals surface area contributed by atoms with Gasteiger partial charge in [-0.05, 0) is 42.1 Å². The molecule has 9 nitrogen and oxygen atoms in total. The van der Waals surface area contributed by atoms with Crippen molar-refractivity contribution < 1.29 is 34.5 Å². The molecule has 0 radical (unpaired) electrons. The molecule has 28 heavy (non-hydrogen) atoms. The van der Waals surface area contributed by atoms with E-state index in [1.165, 1.54) is 36.4 Å². The minimum atomic E-state index is -1.34. The van der Waals surface area contributed by atoms with Gasteiger partial charge in [0, 0.05) is 12.5 Å². The van der Waals surface area contributed by atoms with Crippen molar-refractivity contribution in [2.24, 2.45) is 0 Å². The predicted molar refractivity (Wildman–Crippen MR) is 101 cm³/mol. The van der Waals surface area contributed by atoms with E-state index in [1.807, 2.05) is 0 Å². The summed E-state index contributed by atoms with van der Waals surface area (Å²) >= 11 is 0.673. The van der Waals surface area contributed by atoms with Crippen molar-refractivity contribution in [3.63, 3.8) is 0 Å². The number of phenolic OH excluding ortho intramolecular Hbond substituents is 2. The lowest BCUT2D eigenvalue weighted by Crippen LogP contribution is -2.33. The summed E-state index contributed by atoms with van der Waals surface area (Å²) in [5.74, 6) is -3.01. The molecule has 144 valence electrons. The molecule has 10 heteroatoms. The lowest BCUT2D eigenvalue weighted by atomic mass is 10.1. The predicted octanol–water partition coefficient (Wildman–Crippen LogP) is 2.39. The number of aromatic hydroxyl groups is 2. The zero-order valence-corrected chi connectivity index (χ0v) is 15.0. The summed E-state index contributed by atoms with van der Waals surface area (Å²) in [4.78, 5) is 49.1. The number of carbonyl (C=O) groups is 4. The molecular weight excluding hydrogens is 388 g/mol. The Hall–Kier alpha value is -3.53. The molecule has 0 bridgehead atoms. The van der Waals surface area contributed by atoms with Crippen LogP contribution in [-0.4, -0.2) is 43.6 Å². The molecule has 2 aromatic rings. The van der Waals surface area contributed by atoms with Crippen molar-refractivity contribution in [1.82, 2.24) is 0 Å². The van der Waals surface area contributed by atoms with Crippen molar-refractivity contribution in [3.8, 4) is 11.5 Å². The lowest BCUT2D eigenvalue weighted by Gasteiger charge is -2.14. The van der Waals surface area contributed by atoms with E-state index in [4.69, 9.17) is 5.11 Å². The molecule has 0 saturated carbocycles. The SMILES string of the molecule is O=C(CC1SC(=O)N(c2cccc(O)c2)C1=O)Nc1ccc(O)cc1C(=O)O. The number of aromatic carboxylic acids is 1. The fraction of sp³-hybridized carbons (Fsp3) is 0.111. The molecule has 2 aromatic carbocycles. The van der Waals surface area contributed by atoms with Gasteiger partial charge < -0.3 is 20.6 Å². The quantitative estimate of drug-likeness (QED) is 0.558. The van der Waals surface area contributed by atoms with E-state index < -0.39 is 28.3 Å². The molecule has 1 unspecified atom stereocenters. The molecule has 1 aliphatic heterocycles. The molecule has 1 aliphatic rings. The van der Waals surface area contributed by atoms with Gasteiger partial charge in [-0.3, -0.25) is 14.4 Å². The van der Waals surface area contributed by atoms with Crippen LogP contribution in [0.4, 0.5) is 16.2 Å². The van der Waals surface area contributed by atoms with Crippen LogP contribution in [0.3, 0.4) is 0 Å². The summed E-state index contributed by atoms with van der Waals surface area (Å²) in [6.07, 6.45) is -0.357. The van der Waals surface area contributed by atoms with Crippen LogP contribution >= 0.6 is 11.8 Å². The topological polar surface area (TPSA) is 144 Å². The Balaban J connectivity index is 1.73. The minimum absolute atomic E-state index is 0.0399. The third kappa shape index (κ3) is 3.91. The Labute approximate surface area is 162 Å². The van der Waals surface area contributed by atoms with Crippen molar-refractivity contribution >= 4 is 46.2 Å². The molecule has 1 atom stereocenters. The molecule has 1 saturated heterocycles. The minimum Gasteiger partial charge on any atom is -0.508 e. The molecule has 3 amide bonds. The number of carboxylic acids is 1. The fourth-order valence-electron chi connectivity index (χ4n) is 2.64. The smallest absolute Gasteiger partial charge is 0.337 e. The average Bonchev–Trinajstić information content (AvgIpc) is 2.89. The number of phenols is 2. The Morgan fingerprint density at radius 2 is 1.79 bits per heavy atom. The normalized spacial score (nSPS) is 16.3. The number of nitrogens with one attached hydrogen (secondary N) is 1. The number of nitrogens with zero attached hydrogens (tertiary/aromatic N) is 1. The maximum absolute atomic E-state index is 12.5. The van der Waals surface area contributed by atoms with E-state index in [2.05, 4.69) is 5.32 Å². The summed E-state index contributed by atoms with van der Waals surface area (Å²) in [6.45, 7) is 0. The highest BCUT2D eigenvalue weighted by atomic mass is 32.2. The van der Waals surface area contributed by atoms with E-state index in [0.717, 1.165) is 11.0 Å². The van der Waals surface area contributed by atoms with E-state index in [9.17, 15) is 29.4 Å². The first-order chi connectivity index (χ1) is 13.3. The van der Waals surface area contributed by atoms with Crippen LogP contribution in [-0.2, 0) is 9.59 Å². The van der Waals surface area contributed by atoms with Gasteiger partial charge in [-0.2, -0.15) is 0 Å². The first kappa shape index (κ1) is 19.2. The first-order valence-corrected chi connectivity index (χ1v) is 8.84. The third-order valence-corrected chi connectivity index (χ3v) is 4.92. The standard InChI is InChI=1S/C18H14N2O7S/c21-10-3-1-2-9(6-10)20-16(24)14(28-18(20)27)8-15(23)19-13-5-4-11(22)7-12(13)17(25)26/h1-7,14,21-22H,8H2,(H,19,23)(H,25,26). The zero-order valence-electron chi connectivity index (χ0n) is 14.2. The molecule has 0 aliphatic carbocycles. The molecule has 0 aromatic heterocycles.